The van der Waals surface area contributed by atoms with Crippen LogP contribution in [0.25, 0.3) is 0 Å². The van der Waals surface area contributed by atoms with E-state index in [4.69, 9.17) is 4.74 Å². The topological polar surface area (TPSA) is 87.0 Å². The molecule has 3 N–H and O–H groups in total. The third-order valence-corrected chi connectivity index (χ3v) is 3.62. The normalized spacial score (nSPS) is 23.0. The second-order valence-electron chi connectivity index (χ2n) is 5.70. The van der Waals surface area contributed by atoms with Gasteiger partial charge in [-0.2, -0.15) is 0 Å². The van der Waals surface area contributed by atoms with Gasteiger partial charge in [0.1, 0.15) is 23.2 Å². The summed E-state index contributed by atoms with van der Waals surface area (Å²) in [5.41, 5.74) is 0.340. The van der Waals surface area contributed by atoms with Crippen molar-refractivity contribution < 1.29 is 24.9 Å². The maximum atomic E-state index is 12.3. The molecule has 0 saturated heterocycles. The molecule has 0 spiro atoms. The molecule has 0 aromatic heterocycles. The average Bonchev–Trinajstić information content (AvgIpc) is 2.44. The Labute approximate surface area is 135 Å². The van der Waals surface area contributed by atoms with E-state index in [1.807, 2.05) is 18.2 Å². The number of ether oxygens (including phenoxy) is 1. The summed E-state index contributed by atoms with van der Waals surface area (Å²) in [7, 11) is 0. The number of phenols is 2. The summed E-state index contributed by atoms with van der Waals surface area (Å²) < 4.78 is 5.35. The van der Waals surface area contributed by atoms with E-state index >= 15 is 0 Å². The number of fused-ring (bicyclic) bond motifs is 1. The highest BCUT2D eigenvalue weighted by atomic mass is 16.5. The predicted molar refractivity (Wildman–Crippen MR) is 86.5 cm³/mol. The second kappa shape index (κ2) is 7.83. The van der Waals surface area contributed by atoms with Gasteiger partial charge in [0, 0.05) is 18.9 Å². The summed E-state index contributed by atoms with van der Waals surface area (Å²) >= 11 is 0. The van der Waals surface area contributed by atoms with Gasteiger partial charge in [-0.3, -0.25) is 0 Å². The molecule has 1 aromatic carbocycles. The zero-order chi connectivity index (χ0) is 16.8. The molecule has 0 radical (unpaired) electrons. The molecule has 1 aliphatic rings. The number of aromatic hydroxyl groups is 2. The molecule has 0 fully saturated rings. The molecule has 5 nitrogen and oxygen atoms in total. The molecule has 1 unspecified atom stereocenters. The van der Waals surface area contributed by atoms with Crippen molar-refractivity contribution in [3.05, 3.63) is 47.6 Å². The van der Waals surface area contributed by atoms with Crippen molar-refractivity contribution in [2.45, 2.75) is 44.8 Å². The maximum absolute atomic E-state index is 12.3. The molecule has 1 aromatic rings. The van der Waals surface area contributed by atoms with Crippen molar-refractivity contribution in [1.82, 2.24) is 0 Å². The van der Waals surface area contributed by atoms with Gasteiger partial charge in [0.05, 0.1) is 6.10 Å². The summed E-state index contributed by atoms with van der Waals surface area (Å²) in [4.78, 5) is 12.3. The summed E-state index contributed by atoms with van der Waals surface area (Å²) in [6, 6.07) is 2.46. The molecule has 5 heteroatoms. The van der Waals surface area contributed by atoms with E-state index in [2.05, 4.69) is 0 Å². The van der Waals surface area contributed by atoms with E-state index in [9.17, 15) is 20.1 Å². The van der Waals surface area contributed by atoms with Crippen LogP contribution < -0.4 is 0 Å². The molecule has 124 valence electrons. The second-order valence-corrected chi connectivity index (χ2v) is 5.70. The molecular formula is C18H22O5. The van der Waals surface area contributed by atoms with Gasteiger partial charge in [-0.1, -0.05) is 24.3 Å². The molecule has 0 amide bonds. The number of rotatable bonds is 0. The van der Waals surface area contributed by atoms with E-state index in [-0.39, 0.29) is 29.6 Å². The number of hydrogen-bond donors (Lipinski definition) is 3. The Hall–Kier alpha value is -2.27. The third-order valence-electron chi connectivity index (χ3n) is 3.62. The maximum Gasteiger partial charge on any atom is 0.342 e. The van der Waals surface area contributed by atoms with Crippen LogP contribution in [0.3, 0.4) is 0 Å². The van der Waals surface area contributed by atoms with Crippen molar-refractivity contribution >= 4 is 5.97 Å². The van der Waals surface area contributed by atoms with Gasteiger partial charge in [-0.05, 0) is 31.4 Å². The van der Waals surface area contributed by atoms with Gasteiger partial charge in [0.15, 0.2) is 0 Å². The lowest BCUT2D eigenvalue weighted by atomic mass is 9.99. The zero-order valence-electron chi connectivity index (χ0n) is 13.1. The first kappa shape index (κ1) is 17.1. The van der Waals surface area contributed by atoms with E-state index in [1.165, 1.54) is 6.07 Å². The van der Waals surface area contributed by atoms with E-state index < -0.39 is 12.1 Å². The van der Waals surface area contributed by atoms with Gasteiger partial charge in [0.2, 0.25) is 0 Å². The quantitative estimate of drug-likeness (QED) is 0.506. The first-order valence-corrected chi connectivity index (χ1v) is 7.73. The summed E-state index contributed by atoms with van der Waals surface area (Å²) in [5.74, 6) is -1.18. The highest BCUT2D eigenvalue weighted by Crippen LogP contribution is 2.29. The fourth-order valence-electron chi connectivity index (χ4n) is 2.50. The van der Waals surface area contributed by atoms with Crippen LogP contribution in [0.5, 0.6) is 11.5 Å². The number of allylic oxidation sites excluding steroid dienone is 2. The Kier molecular flexibility index (Phi) is 5.82. The lowest BCUT2D eigenvalue weighted by molar-refractivity contribution is 0.0343. The molecule has 0 aliphatic carbocycles. The molecule has 0 bridgehead atoms. The number of carbonyl (C=O) groups excluding carboxylic acids is 1. The predicted octanol–water partition coefficient (Wildman–Crippen LogP) is 2.84. The lowest BCUT2D eigenvalue weighted by Gasteiger charge is -2.16. The van der Waals surface area contributed by atoms with Crippen LogP contribution in [-0.2, 0) is 11.2 Å². The molecule has 1 heterocycles. The van der Waals surface area contributed by atoms with E-state index in [0.29, 0.717) is 12.0 Å². The first-order chi connectivity index (χ1) is 11.0. The average molecular weight is 318 g/mol. The third kappa shape index (κ3) is 4.86. The van der Waals surface area contributed by atoms with Crippen molar-refractivity contribution in [1.29, 1.82) is 0 Å². The number of aliphatic hydroxyl groups is 1. The largest absolute Gasteiger partial charge is 0.508 e. The molecular weight excluding hydrogens is 296 g/mol. The smallest absolute Gasteiger partial charge is 0.342 e. The number of benzene rings is 1. The van der Waals surface area contributed by atoms with Gasteiger partial charge in [0.25, 0.3) is 0 Å². The van der Waals surface area contributed by atoms with Crippen molar-refractivity contribution in [3.63, 3.8) is 0 Å². The number of carbonyl (C=O) groups is 1. The number of phenolic OH excluding ortho intramolecular Hbond substituents is 2. The standard InChI is InChI=1S/C18H22O5/c1-12-7-5-3-2-4-6-8-14(19)9-13-10-15(20)11-16(21)17(13)18(22)23-12/h3,5-6,8,10-12,14,19-21H,2,4,7,9H2,1H3/t12?,14-/m1/s1. The van der Waals surface area contributed by atoms with Gasteiger partial charge in [-0.15, -0.1) is 0 Å². The van der Waals surface area contributed by atoms with Crippen LogP contribution in [0.15, 0.2) is 36.4 Å². The first-order valence-electron chi connectivity index (χ1n) is 7.73. The van der Waals surface area contributed by atoms with Gasteiger partial charge in [-0.25, -0.2) is 4.79 Å². The van der Waals surface area contributed by atoms with Crippen molar-refractivity contribution in [2.75, 3.05) is 0 Å². The fourth-order valence-corrected chi connectivity index (χ4v) is 2.50. The molecule has 0 saturated carbocycles. The number of aliphatic hydroxyl groups excluding tert-OH is 1. The minimum Gasteiger partial charge on any atom is -0.508 e. The Morgan fingerprint density at radius 2 is 1.87 bits per heavy atom. The fraction of sp³-hybridized carbons (Fsp3) is 0.389. The number of hydrogen-bond acceptors (Lipinski definition) is 5. The Morgan fingerprint density at radius 1 is 1.13 bits per heavy atom. The molecule has 2 atom stereocenters. The van der Waals surface area contributed by atoms with Crippen LogP contribution in [0.2, 0.25) is 0 Å². The van der Waals surface area contributed by atoms with Crippen LogP contribution in [0.4, 0.5) is 0 Å². The van der Waals surface area contributed by atoms with E-state index in [0.717, 1.165) is 18.9 Å². The minimum atomic E-state index is -0.813. The Balaban J connectivity index is 2.38. The van der Waals surface area contributed by atoms with Crippen molar-refractivity contribution in [2.24, 2.45) is 0 Å². The minimum absolute atomic E-state index is 0.0110. The number of cyclic esters (lactones) is 1. The van der Waals surface area contributed by atoms with Crippen molar-refractivity contribution in [3.8, 4) is 11.5 Å². The van der Waals surface area contributed by atoms with Crippen LogP contribution in [-0.4, -0.2) is 33.5 Å². The van der Waals surface area contributed by atoms with Crippen LogP contribution in [0.1, 0.15) is 42.1 Å². The summed E-state index contributed by atoms with van der Waals surface area (Å²) in [5, 5.41) is 29.7. The van der Waals surface area contributed by atoms with Gasteiger partial charge >= 0.3 is 5.97 Å². The SMILES string of the molecule is CC1CC=CCCC=C[C@@H](O)Cc2cc(O)cc(O)c2C(=O)O1. The highest BCUT2D eigenvalue weighted by molar-refractivity contribution is 5.94. The van der Waals surface area contributed by atoms with Gasteiger partial charge < -0.3 is 20.1 Å². The molecule has 23 heavy (non-hydrogen) atoms. The summed E-state index contributed by atoms with van der Waals surface area (Å²) in [6.45, 7) is 1.78. The lowest BCUT2D eigenvalue weighted by Crippen LogP contribution is -2.18. The monoisotopic (exact) mass is 318 g/mol. The van der Waals surface area contributed by atoms with Crippen LogP contribution in [0, 0.1) is 0 Å². The van der Waals surface area contributed by atoms with Crippen LogP contribution >= 0.6 is 0 Å². The molecule has 2 rings (SSSR count). The number of esters is 1. The van der Waals surface area contributed by atoms with E-state index in [1.54, 1.807) is 13.0 Å². The Morgan fingerprint density at radius 3 is 2.65 bits per heavy atom. The highest BCUT2D eigenvalue weighted by Gasteiger charge is 2.22. The summed E-state index contributed by atoms with van der Waals surface area (Å²) in [6.07, 6.45) is 8.70. The molecule has 1 aliphatic heterocycles. The Bertz CT molecular complexity index is 618. The zero-order valence-corrected chi connectivity index (χ0v) is 13.1.